The highest BCUT2D eigenvalue weighted by Gasteiger charge is 2.15. The van der Waals surface area contributed by atoms with Gasteiger partial charge in [-0.25, -0.2) is 0 Å². The highest BCUT2D eigenvalue weighted by atomic mass is 35.5. The van der Waals surface area contributed by atoms with Gasteiger partial charge in [-0.1, -0.05) is 23.2 Å². The Bertz CT molecular complexity index is 970. The average Bonchev–Trinajstić information content (AvgIpc) is 2.63. The molecule has 0 aromatic heterocycles. The lowest BCUT2D eigenvalue weighted by Gasteiger charge is -2.10. The Morgan fingerprint density at radius 3 is 2.67 bits per heavy atom. The summed E-state index contributed by atoms with van der Waals surface area (Å²) in [6.07, 6.45) is 1.12. The Labute approximate surface area is 164 Å². The summed E-state index contributed by atoms with van der Waals surface area (Å²) >= 11 is 11.6. The van der Waals surface area contributed by atoms with Crippen LogP contribution in [-0.2, 0) is 4.79 Å². The Morgan fingerprint density at radius 1 is 1.30 bits per heavy atom. The average molecular weight is 407 g/mol. The summed E-state index contributed by atoms with van der Waals surface area (Å²) in [4.78, 5) is 22.6. The van der Waals surface area contributed by atoms with Gasteiger partial charge in [0.2, 0.25) is 0 Å². The number of nitriles is 1. The van der Waals surface area contributed by atoms with Crippen LogP contribution in [0.3, 0.4) is 0 Å². The maximum atomic E-state index is 12.3. The second kappa shape index (κ2) is 8.89. The summed E-state index contributed by atoms with van der Waals surface area (Å²) in [5.41, 5.74) is 0.00147. The summed E-state index contributed by atoms with van der Waals surface area (Å²) in [6.45, 7) is 0. The van der Waals surface area contributed by atoms with Crippen LogP contribution in [0.2, 0.25) is 10.0 Å². The molecule has 138 valence electrons. The van der Waals surface area contributed by atoms with Gasteiger partial charge in [-0.2, -0.15) is 5.26 Å². The molecule has 0 heterocycles. The number of anilines is 2. The Hall–Kier alpha value is -3.28. The predicted molar refractivity (Wildman–Crippen MR) is 102 cm³/mol. The highest BCUT2D eigenvalue weighted by Crippen LogP contribution is 2.29. The standard InChI is InChI=1S/C17H12Cl2N4O4/c1-27-16-5-2-11(18)6-14(16)22-17(24)10(8-20)9-21-12-3-4-13(19)15(7-12)23(25)26/h2-7,9,21H,1H3,(H,22,24)/b10-9-. The molecule has 0 aliphatic rings. The number of nitro groups is 1. The van der Waals surface area contributed by atoms with Crippen molar-refractivity contribution < 1.29 is 14.5 Å². The molecule has 2 N–H and O–H groups in total. The first-order valence-corrected chi connectivity index (χ1v) is 8.07. The molecule has 2 aromatic rings. The summed E-state index contributed by atoms with van der Waals surface area (Å²) in [5, 5.41) is 25.6. The van der Waals surface area contributed by atoms with E-state index in [1.165, 1.54) is 31.4 Å². The molecule has 0 saturated carbocycles. The van der Waals surface area contributed by atoms with Crippen molar-refractivity contribution in [3.05, 3.63) is 68.3 Å². The first kappa shape index (κ1) is 20.0. The predicted octanol–water partition coefficient (Wildman–Crippen LogP) is 4.37. The minimum absolute atomic E-state index is 0.0270. The number of carbonyl (C=O) groups is 1. The van der Waals surface area contributed by atoms with Crippen LogP contribution in [0.25, 0.3) is 0 Å². The second-order valence-corrected chi connectivity index (χ2v) is 5.88. The molecule has 0 spiro atoms. The molecule has 0 atom stereocenters. The van der Waals surface area contributed by atoms with E-state index in [0.29, 0.717) is 16.5 Å². The van der Waals surface area contributed by atoms with Crippen molar-refractivity contribution >= 4 is 46.2 Å². The maximum Gasteiger partial charge on any atom is 0.289 e. The fraction of sp³-hybridized carbons (Fsp3) is 0.0588. The van der Waals surface area contributed by atoms with Gasteiger partial charge in [-0.3, -0.25) is 14.9 Å². The van der Waals surface area contributed by atoms with E-state index in [2.05, 4.69) is 10.6 Å². The van der Waals surface area contributed by atoms with Crippen LogP contribution in [-0.4, -0.2) is 17.9 Å². The summed E-state index contributed by atoms with van der Waals surface area (Å²) in [5.74, 6) is -0.347. The molecule has 0 aliphatic carbocycles. The van der Waals surface area contributed by atoms with Gasteiger partial charge in [-0.05, 0) is 30.3 Å². The molecular formula is C17H12Cl2N4O4. The topological polar surface area (TPSA) is 117 Å². The summed E-state index contributed by atoms with van der Waals surface area (Å²) in [6, 6.07) is 10.4. The van der Waals surface area contributed by atoms with Crippen molar-refractivity contribution in [2.24, 2.45) is 0 Å². The van der Waals surface area contributed by atoms with E-state index in [9.17, 15) is 20.2 Å². The largest absolute Gasteiger partial charge is 0.495 e. The summed E-state index contributed by atoms with van der Waals surface area (Å²) in [7, 11) is 1.43. The first-order valence-electron chi connectivity index (χ1n) is 7.31. The molecule has 0 aliphatic heterocycles. The van der Waals surface area contributed by atoms with Crippen molar-refractivity contribution in [2.75, 3.05) is 17.7 Å². The van der Waals surface area contributed by atoms with E-state index in [1.807, 2.05) is 0 Å². The minimum Gasteiger partial charge on any atom is -0.495 e. The maximum absolute atomic E-state index is 12.3. The van der Waals surface area contributed by atoms with Crippen molar-refractivity contribution in [1.29, 1.82) is 5.26 Å². The first-order chi connectivity index (χ1) is 12.8. The molecule has 0 bridgehead atoms. The lowest BCUT2D eigenvalue weighted by molar-refractivity contribution is -0.384. The molecule has 0 radical (unpaired) electrons. The Balaban J connectivity index is 2.20. The van der Waals surface area contributed by atoms with Crippen LogP contribution in [0, 0.1) is 21.4 Å². The van der Waals surface area contributed by atoms with Gasteiger partial charge in [0.05, 0.1) is 17.7 Å². The molecule has 0 unspecified atom stereocenters. The fourth-order valence-corrected chi connectivity index (χ4v) is 2.37. The van der Waals surface area contributed by atoms with E-state index in [-0.39, 0.29) is 22.0 Å². The number of rotatable bonds is 6. The van der Waals surface area contributed by atoms with E-state index >= 15 is 0 Å². The lowest BCUT2D eigenvalue weighted by Crippen LogP contribution is -2.15. The minimum atomic E-state index is -0.714. The van der Waals surface area contributed by atoms with Crippen molar-refractivity contribution in [1.82, 2.24) is 0 Å². The van der Waals surface area contributed by atoms with Crippen LogP contribution in [0.15, 0.2) is 48.2 Å². The molecule has 1 amide bonds. The monoisotopic (exact) mass is 406 g/mol. The Kier molecular flexibility index (Phi) is 6.60. The zero-order valence-corrected chi connectivity index (χ0v) is 15.3. The van der Waals surface area contributed by atoms with Gasteiger partial charge < -0.3 is 15.4 Å². The van der Waals surface area contributed by atoms with Gasteiger partial charge in [0.1, 0.15) is 22.4 Å². The number of nitrogens with one attached hydrogen (secondary N) is 2. The lowest BCUT2D eigenvalue weighted by atomic mass is 10.2. The molecule has 10 heteroatoms. The third-order valence-electron chi connectivity index (χ3n) is 3.30. The number of nitrogens with zero attached hydrogens (tertiary/aromatic N) is 2. The van der Waals surface area contributed by atoms with Crippen molar-refractivity contribution in [2.45, 2.75) is 0 Å². The van der Waals surface area contributed by atoms with Gasteiger partial charge in [0.25, 0.3) is 11.6 Å². The van der Waals surface area contributed by atoms with E-state index in [4.69, 9.17) is 27.9 Å². The number of nitro benzene ring substituents is 1. The van der Waals surface area contributed by atoms with Crippen LogP contribution in [0.1, 0.15) is 0 Å². The number of hydrogen-bond acceptors (Lipinski definition) is 6. The fourth-order valence-electron chi connectivity index (χ4n) is 2.01. The molecule has 2 aromatic carbocycles. The van der Waals surface area contributed by atoms with Gasteiger partial charge >= 0.3 is 0 Å². The number of methoxy groups -OCH3 is 1. The molecule has 0 fully saturated rings. The van der Waals surface area contributed by atoms with Crippen LogP contribution >= 0.6 is 23.2 Å². The number of benzene rings is 2. The van der Waals surface area contributed by atoms with Crippen molar-refractivity contribution in [3.8, 4) is 11.8 Å². The zero-order chi connectivity index (χ0) is 20.0. The molecule has 8 nitrogen and oxygen atoms in total. The second-order valence-electron chi connectivity index (χ2n) is 5.04. The van der Waals surface area contributed by atoms with Crippen LogP contribution in [0.4, 0.5) is 17.1 Å². The number of halogens is 2. The molecule has 0 saturated heterocycles. The van der Waals surface area contributed by atoms with Crippen molar-refractivity contribution in [3.63, 3.8) is 0 Å². The number of carbonyl (C=O) groups excluding carboxylic acids is 1. The number of amides is 1. The molecule has 27 heavy (non-hydrogen) atoms. The van der Waals surface area contributed by atoms with Crippen LogP contribution in [0.5, 0.6) is 5.75 Å². The highest BCUT2D eigenvalue weighted by molar-refractivity contribution is 6.32. The van der Waals surface area contributed by atoms with Gasteiger partial charge in [0.15, 0.2) is 0 Å². The van der Waals surface area contributed by atoms with Gasteiger partial charge in [0, 0.05) is 23.0 Å². The van der Waals surface area contributed by atoms with Crippen LogP contribution < -0.4 is 15.4 Å². The SMILES string of the molecule is COc1ccc(Cl)cc1NC(=O)/C(C#N)=C\Nc1ccc(Cl)c([N+](=O)[O-])c1. The van der Waals surface area contributed by atoms with E-state index in [0.717, 1.165) is 6.20 Å². The van der Waals surface area contributed by atoms with E-state index < -0.39 is 10.8 Å². The normalized spacial score (nSPS) is 10.7. The zero-order valence-electron chi connectivity index (χ0n) is 13.8. The third-order valence-corrected chi connectivity index (χ3v) is 3.86. The Morgan fingerprint density at radius 2 is 2.04 bits per heavy atom. The van der Waals surface area contributed by atoms with Gasteiger partial charge in [-0.15, -0.1) is 0 Å². The number of ether oxygens (including phenoxy) is 1. The molecule has 2 rings (SSSR count). The summed E-state index contributed by atoms with van der Waals surface area (Å²) < 4.78 is 5.12. The molecular weight excluding hydrogens is 395 g/mol. The third kappa shape index (κ3) is 5.10. The van der Waals surface area contributed by atoms with E-state index in [1.54, 1.807) is 18.2 Å². The quantitative estimate of drug-likeness (QED) is 0.318. The number of hydrogen-bond donors (Lipinski definition) is 2. The smallest absolute Gasteiger partial charge is 0.289 e.